The Labute approximate surface area is 229 Å². The molecule has 0 aliphatic heterocycles. The van der Waals surface area contributed by atoms with Gasteiger partial charge >= 0.3 is 12.1 Å². The number of rotatable bonds is 10. The molecule has 3 rings (SSSR count). The highest BCUT2D eigenvalue weighted by Crippen LogP contribution is 2.24. The molecule has 2 amide bonds. The van der Waals surface area contributed by atoms with Crippen molar-refractivity contribution >= 4 is 18.0 Å². The fourth-order valence-corrected chi connectivity index (χ4v) is 3.68. The van der Waals surface area contributed by atoms with Crippen LogP contribution in [0.15, 0.2) is 78.9 Å². The van der Waals surface area contributed by atoms with Gasteiger partial charge in [0.25, 0.3) is 5.91 Å². The Morgan fingerprint density at radius 1 is 0.821 bits per heavy atom. The highest BCUT2D eigenvalue weighted by atomic mass is 16.6. The highest BCUT2D eigenvalue weighted by molar-refractivity contribution is 5.97. The minimum atomic E-state index is -1.04. The summed E-state index contributed by atoms with van der Waals surface area (Å²) in [5.41, 5.74) is 2.03. The van der Waals surface area contributed by atoms with Crippen LogP contribution >= 0.6 is 0 Å². The molecule has 0 radical (unpaired) electrons. The Morgan fingerprint density at radius 2 is 1.41 bits per heavy atom. The van der Waals surface area contributed by atoms with Crippen LogP contribution < -0.4 is 10.1 Å². The standard InChI is InChI=1S/C31H36N2O6/c1-31(2,3)39-30(36)32-26(29(35)38-21-23-14-10-7-11-15-23)19-24-16-17-27(25(18-24)28(34)33(4)5)37-20-22-12-8-6-9-13-22/h6-18,26H,19-21H2,1-5H3,(H,32,36)/t26-/m0/s1. The predicted octanol–water partition coefficient (Wildman–Crippen LogP) is 5.15. The van der Waals surface area contributed by atoms with Gasteiger partial charge < -0.3 is 24.4 Å². The lowest BCUT2D eigenvalue weighted by Gasteiger charge is -2.23. The monoisotopic (exact) mass is 532 g/mol. The highest BCUT2D eigenvalue weighted by Gasteiger charge is 2.27. The molecule has 0 aromatic heterocycles. The lowest BCUT2D eigenvalue weighted by molar-refractivity contribution is -0.147. The average molecular weight is 533 g/mol. The van der Waals surface area contributed by atoms with E-state index in [0.29, 0.717) is 23.5 Å². The summed E-state index contributed by atoms with van der Waals surface area (Å²) in [5.74, 6) is -0.442. The molecule has 0 saturated carbocycles. The number of hydrogen-bond donors (Lipinski definition) is 1. The first kappa shape index (κ1) is 29.2. The van der Waals surface area contributed by atoms with Crippen LogP contribution in [-0.4, -0.2) is 48.6 Å². The fourth-order valence-electron chi connectivity index (χ4n) is 3.68. The van der Waals surface area contributed by atoms with E-state index in [2.05, 4.69) is 5.32 Å². The SMILES string of the molecule is CN(C)C(=O)c1cc(C[C@H](NC(=O)OC(C)(C)C)C(=O)OCc2ccccc2)ccc1OCc1ccccc1. The van der Waals surface area contributed by atoms with Crippen LogP contribution in [0.3, 0.4) is 0 Å². The molecule has 0 unspecified atom stereocenters. The van der Waals surface area contributed by atoms with Crippen molar-refractivity contribution in [2.45, 2.75) is 52.0 Å². The van der Waals surface area contributed by atoms with Gasteiger partial charge in [0.1, 0.15) is 30.6 Å². The van der Waals surface area contributed by atoms with E-state index in [1.807, 2.05) is 60.7 Å². The molecule has 206 valence electrons. The van der Waals surface area contributed by atoms with E-state index in [-0.39, 0.29) is 18.9 Å². The van der Waals surface area contributed by atoms with E-state index in [0.717, 1.165) is 11.1 Å². The summed E-state index contributed by atoms with van der Waals surface area (Å²) in [7, 11) is 3.31. The zero-order valence-corrected chi connectivity index (χ0v) is 23.1. The van der Waals surface area contributed by atoms with Crippen LogP contribution in [0.2, 0.25) is 0 Å². The minimum Gasteiger partial charge on any atom is -0.488 e. The molecule has 3 aromatic rings. The van der Waals surface area contributed by atoms with E-state index in [9.17, 15) is 14.4 Å². The Balaban J connectivity index is 1.82. The second-order valence-electron chi connectivity index (χ2n) is 10.3. The second-order valence-corrected chi connectivity index (χ2v) is 10.3. The average Bonchev–Trinajstić information content (AvgIpc) is 2.90. The van der Waals surface area contributed by atoms with E-state index in [1.165, 1.54) is 4.90 Å². The van der Waals surface area contributed by atoms with Gasteiger partial charge in [0.15, 0.2) is 0 Å². The maximum Gasteiger partial charge on any atom is 0.408 e. The number of carbonyl (C=O) groups excluding carboxylic acids is 3. The summed E-state index contributed by atoms with van der Waals surface area (Å²) < 4.78 is 16.9. The summed E-state index contributed by atoms with van der Waals surface area (Å²) in [4.78, 5) is 40.1. The van der Waals surface area contributed by atoms with E-state index in [1.54, 1.807) is 53.1 Å². The number of alkyl carbamates (subject to hydrolysis) is 1. The first-order valence-electron chi connectivity index (χ1n) is 12.7. The van der Waals surface area contributed by atoms with Gasteiger partial charge in [-0.25, -0.2) is 9.59 Å². The zero-order chi connectivity index (χ0) is 28.4. The summed E-state index contributed by atoms with van der Waals surface area (Å²) in [5, 5.41) is 2.63. The first-order chi connectivity index (χ1) is 18.5. The summed E-state index contributed by atoms with van der Waals surface area (Å²) in [6.45, 7) is 5.57. The lowest BCUT2D eigenvalue weighted by atomic mass is 10.0. The number of benzene rings is 3. The molecule has 0 bridgehead atoms. The van der Waals surface area contributed by atoms with Gasteiger partial charge in [0.05, 0.1) is 5.56 Å². The van der Waals surface area contributed by atoms with Crippen molar-refractivity contribution in [2.75, 3.05) is 14.1 Å². The van der Waals surface area contributed by atoms with Crippen molar-refractivity contribution in [3.63, 3.8) is 0 Å². The second kappa shape index (κ2) is 13.5. The third-order valence-electron chi connectivity index (χ3n) is 5.56. The lowest BCUT2D eigenvalue weighted by Crippen LogP contribution is -2.45. The first-order valence-corrected chi connectivity index (χ1v) is 12.7. The van der Waals surface area contributed by atoms with Crippen LogP contribution in [-0.2, 0) is 33.9 Å². The number of amides is 2. The van der Waals surface area contributed by atoms with Gasteiger partial charge in [-0.3, -0.25) is 4.79 Å². The molecule has 1 N–H and O–H groups in total. The number of carbonyl (C=O) groups is 3. The topological polar surface area (TPSA) is 94.2 Å². The normalized spacial score (nSPS) is 11.7. The number of nitrogens with one attached hydrogen (secondary N) is 1. The van der Waals surface area contributed by atoms with Crippen molar-refractivity contribution < 1.29 is 28.6 Å². The molecule has 0 fully saturated rings. The minimum absolute atomic E-state index is 0.0583. The number of esters is 1. The molecular weight excluding hydrogens is 496 g/mol. The molecule has 0 heterocycles. The van der Waals surface area contributed by atoms with Crippen LogP contribution in [0.4, 0.5) is 4.79 Å². The molecule has 39 heavy (non-hydrogen) atoms. The maximum absolute atomic E-state index is 13.1. The van der Waals surface area contributed by atoms with Gasteiger partial charge in [-0.05, 0) is 49.6 Å². The van der Waals surface area contributed by atoms with E-state index < -0.39 is 23.7 Å². The van der Waals surface area contributed by atoms with Gasteiger partial charge in [-0.15, -0.1) is 0 Å². The van der Waals surface area contributed by atoms with Crippen LogP contribution in [0.5, 0.6) is 5.75 Å². The summed E-state index contributed by atoms with van der Waals surface area (Å²) in [6.07, 6.45) is -0.656. The van der Waals surface area contributed by atoms with Gasteiger partial charge in [-0.2, -0.15) is 0 Å². The molecule has 0 aliphatic rings. The molecule has 8 heteroatoms. The molecule has 1 atom stereocenters. The van der Waals surface area contributed by atoms with E-state index in [4.69, 9.17) is 14.2 Å². The Morgan fingerprint density at radius 3 is 1.97 bits per heavy atom. The van der Waals surface area contributed by atoms with Crippen LogP contribution in [0, 0.1) is 0 Å². The third kappa shape index (κ3) is 9.48. The molecule has 8 nitrogen and oxygen atoms in total. The smallest absolute Gasteiger partial charge is 0.408 e. The van der Waals surface area contributed by atoms with Gasteiger partial charge in [0.2, 0.25) is 0 Å². The Kier molecular flexibility index (Phi) is 10.1. The molecule has 0 aliphatic carbocycles. The fraction of sp³-hybridized carbons (Fsp3) is 0.323. The summed E-state index contributed by atoms with van der Waals surface area (Å²) >= 11 is 0. The number of nitrogens with zero attached hydrogens (tertiary/aromatic N) is 1. The van der Waals surface area contributed by atoms with Crippen molar-refractivity contribution in [3.05, 3.63) is 101 Å². The van der Waals surface area contributed by atoms with Crippen molar-refractivity contribution in [3.8, 4) is 5.75 Å². The van der Waals surface area contributed by atoms with Crippen LogP contribution in [0.25, 0.3) is 0 Å². The number of ether oxygens (including phenoxy) is 3. The molecule has 3 aromatic carbocycles. The Hall–Kier alpha value is -4.33. The predicted molar refractivity (Wildman–Crippen MR) is 148 cm³/mol. The van der Waals surface area contributed by atoms with Gasteiger partial charge in [0, 0.05) is 20.5 Å². The largest absolute Gasteiger partial charge is 0.488 e. The van der Waals surface area contributed by atoms with Gasteiger partial charge in [-0.1, -0.05) is 66.7 Å². The zero-order valence-electron chi connectivity index (χ0n) is 23.1. The van der Waals surface area contributed by atoms with Crippen molar-refractivity contribution in [1.82, 2.24) is 10.2 Å². The van der Waals surface area contributed by atoms with Crippen LogP contribution in [0.1, 0.15) is 47.8 Å². The van der Waals surface area contributed by atoms with Crippen molar-refractivity contribution in [1.29, 1.82) is 0 Å². The molecule has 0 saturated heterocycles. The number of hydrogen-bond acceptors (Lipinski definition) is 6. The van der Waals surface area contributed by atoms with Crippen molar-refractivity contribution in [2.24, 2.45) is 0 Å². The quantitative estimate of drug-likeness (QED) is 0.363. The molecular formula is C31H36N2O6. The Bertz CT molecular complexity index is 1250. The maximum atomic E-state index is 13.1. The third-order valence-corrected chi connectivity index (χ3v) is 5.56. The van der Waals surface area contributed by atoms with E-state index >= 15 is 0 Å². The summed E-state index contributed by atoms with van der Waals surface area (Å²) in [6, 6.07) is 23.0. The molecule has 0 spiro atoms.